The summed E-state index contributed by atoms with van der Waals surface area (Å²) in [6, 6.07) is -0.874. The molecule has 0 radical (unpaired) electrons. The average Bonchev–Trinajstić information content (AvgIpc) is 3.20. The molecule has 26 heavy (non-hydrogen) atoms. The van der Waals surface area contributed by atoms with E-state index in [9.17, 15) is 39.5 Å². The van der Waals surface area contributed by atoms with Gasteiger partial charge >= 0.3 is 19.1 Å². The number of benzene rings is 1. The number of hydrogen-bond acceptors (Lipinski definition) is 4. The Kier molecular flexibility index (Phi) is 5.14. The van der Waals surface area contributed by atoms with Gasteiger partial charge in [-0.1, -0.05) is 0 Å². The maximum absolute atomic E-state index is 12.5. The zero-order valence-electron chi connectivity index (χ0n) is 12.4. The summed E-state index contributed by atoms with van der Waals surface area (Å²) in [5, 5.41) is 0. The van der Waals surface area contributed by atoms with E-state index in [1.54, 1.807) is 0 Å². The number of ether oxygens (including phenoxy) is 3. The van der Waals surface area contributed by atoms with Crippen LogP contribution in [0.3, 0.4) is 0 Å². The van der Waals surface area contributed by atoms with E-state index in [-0.39, 0.29) is 12.0 Å². The molecule has 1 aromatic rings. The van der Waals surface area contributed by atoms with Crippen molar-refractivity contribution in [1.29, 1.82) is 0 Å². The first kappa shape index (κ1) is 20.3. The standard InChI is InChI=1S/C13H10F9NO3/c14-11(15,16)24-7-4-9(26-13(20,21)22)8(25-12(17,18)19)3-6(7)10(23)5-1-2-5/h3-5,10H,1-2,23H2. The smallest absolute Gasteiger partial charge is 0.405 e. The number of nitrogens with two attached hydrogens (primary N) is 1. The lowest BCUT2D eigenvalue weighted by Gasteiger charge is -2.22. The molecule has 1 aliphatic carbocycles. The Morgan fingerprint density at radius 1 is 0.731 bits per heavy atom. The molecule has 1 fully saturated rings. The maximum Gasteiger partial charge on any atom is 0.573 e. The maximum atomic E-state index is 12.5. The molecule has 0 aromatic heterocycles. The van der Waals surface area contributed by atoms with Crippen molar-refractivity contribution in [2.45, 2.75) is 38.0 Å². The van der Waals surface area contributed by atoms with Gasteiger partial charge in [-0.05, 0) is 24.8 Å². The largest absolute Gasteiger partial charge is 0.573 e. The molecule has 0 aliphatic heterocycles. The average molecular weight is 399 g/mol. The van der Waals surface area contributed by atoms with Crippen molar-refractivity contribution in [3.8, 4) is 17.2 Å². The predicted molar refractivity (Wildman–Crippen MR) is 66.1 cm³/mol. The van der Waals surface area contributed by atoms with Crippen LogP contribution in [0.4, 0.5) is 39.5 Å². The molecule has 1 aliphatic rings. The van der Waals surface area contributed by atoms with Crippen molar-refractivity contribution < 1.29 is 53.7 Å². The number of alkyl halides is 9. The summed E-state index contributed by atoms with van der Waals surface area (Å²) in [7, 11) is 0. The van der Waals surface area contributed by atoms with E-state index < -0.39 is 47.9 Å². The first-order valence-electron chi connectivity index (χ1n) is 6.85. The SMILES string of the molecule is NC(c1cc(OC(F)(F)F)c(OC(F)(F)F)cc1OC(F)(F)F)C1CC1. The highest BCUT2D eigenvalue weighted by molar-refractivity contribution is 5.52. The first-order chi connectivity index (χ1) is 11.6. The summed E-state index contributed by atoms with van der Waals surface area (Å²) in [4.78, 5) is 0. The number of rotatable bonds is 5. The molecule has 148 valence electrons. The van der Waals surface area contributed by atoms with E-state index in [2.05, 4.69) is 14.2 Å². The van der Waals surface area contributed by atoms with Crippen molar-refractivity contribution in [2.75, 3.05) is 0 Å². The van der Waals surface area contributed by atoms with Crippen LogP contribution in [0, 0.1) is 5.92 Å². The van der Waals surface area contributed by atoms with Crippen LogP contribution in [-0.2, 0) is 0 Å². The molecule has 1 saturated carbocycles. The Hall–Kier alpha value is -2.05. The van der Waals surface area contributed by atoms with E-state index in [0.29, 0.717) is 18.9 Å². The Labute approximate surface area is 139 Å². The minimum atomic E-state index is -5.49. The molecule has 0 amide bonds. The third kappa shape index (κ3) is 6.04. The summed E-state index contributed by atoms with van der Waals surface area (Å²) in [6.07, 6.45) is -15.2. The van der Waals surface area contributed by atoms with Crippen molar-refractivity contribution in [1.82, 2.24) is 0 Å². The van der Waals surface area contributed by atoms with Gasteiger partial charge < -0.3 is 19.9 Å². The van der Waals surface area contributed by atoms with Crippen molar-refractivity contribution in [2.24, 2.45) is 11.7 Å². The molecule has 1 atom stereocenters. The van der Waals surface area contributed by atoms with E-state index in [0.717, 1.165) is 0 Å². The van der Waals surface area contributed by atoms with E-state index in [4.69, 9.17) is 5.73 Å². The monoisotopic (exact) mass is 399 g/mol. The Balaban J connectivity index is 2.55. The molecule has 0 heterocycles. The van der Waals surface area contributed by atoms with Gasteiger partial charge in [-0.15, -0.1) is 39.5 Å². The second-order valence-corrected chi connectivity index (χ2v) is 5.34. The van der Waals surface area contributed by atoms with Crippen LogP contribution in [0.1, 0.15) is 24.4 Å². The zero-order valence-corrected chi connectivity index (χ0v) is 12.4. The third-order valence-corrected chi connectivity index (χ3v) is 3.24. The van der Waals surface area contributed by atoms with Crippen LogP contribution < -0.4 is 19.9 Å². The molecular formula is C13H10F9NO3. The highest BCUT2D eigenvalue weighted by Gasteiger charge is 2.41. The van der Waals surface area contributed by atoms with Crippen LogP contribution in [0.5, 0.6) is 17.2 Å². The van der Waals surface area contributed by atoms with Crippen molar-refractivity contribution >= 4 is 0 Å². The lowest BCUT2D eigenvalue weighted by Crippen LogP contribution is -2.24. The molecule has 2 N–H and O–H groups in total. The summed E-state index contributed by atoms with van der Waals surface area (Å²) < 4.78 is 122. The summed E-state index contributed by atoms with van der Waals surface area (Å²) in [5.74, 6) is -4.69. The molecular weight excluding hydrogens is 389 g/mol. The van der Waals surface area contributed by atoms with E-state index in [1.165, 1.54) is 0 Å². The Morgan fingerprint density at radius 2 is 1.12 bits per heavy atom. The lowest BCUT2D eigenvalue weighted by atomic mass is 10.0. The predicted octanol–water partition coefficient (Wildman–Crippen LogP) is 4.79. The van der Waals surface area contributed by atoms with Gasteiger partial charge in [-0.25, -0.2) is 0 Å². The minimum absolute atomic E-state index is 0.0135. The molecule has 1 unspecified atom stereocenters. The van der Waals surface area contributed by atoms with Gasteiger partial charge in [0.2, 0.25) is 0 Å². The first-order valence-corrected chi connectivity index (χ1v) is 6.85. The van der Waals surface area contributed by atoms with Crippen molar-refractivity contribution in [3.05, 3.63) is 17.7 Å². The fourth-order valence-electron chi connectivity index (χ4n) is 2.15. The third-order valence-electron chi connectivity index (χ3n) is 3.24. The van der Waals surface area contributed by atoms with Gasteiger partial charge in [0.1, 0.15) is 5.75 Å². The lowest BCUT2D eigenvalue weighted by molar-refractivity contribution is -0.288. The van der Waals surface area contributed by atoms with Crippen molar-refractivity contribution in [3.63, 3.8) is 0 Å². The molecule has 0 bridgehead atoms. The van der Waals surface area contributed by atoms with Gasteiger partial charge in [-0.2, -0.15) is 0 Å². The zero-order chi connectivity index (χ0) is 19.9. The fourth-order valence-corrected chi connectivity index (χ4v) is 2.15. The van der Waals surface area contributed by atoms with Crippen LogP contribution in [0.15, 0.2) is 12.1 Å². The number of hydrogen-bond donors (Lipinski definition) is 1. The molecule has 1 aromatic carbocycles. The van der Waals surface area contributed by atoms with Crippen LogP contribution >= 0.6 is 0 Å². The highest BCUT2D eigenvalue weighted by Crippen LogP contribution is 2.48. The van der Waals surface area contributed by atoms with E-state index in [1.807, 2.05) is 0 Å². The van der Waals surface area contributed by atoms with Crippen LogP contribution in [0.2, 0.25) is 0 Å². The van der Waals surface area contributed by atoms with Gasteiger partial charge in [-0.3, -0.25) is 0 Å². The summed E-state index contributed by atoms with van der Waals surface area (Å²) in [6.45, 7) is 0. The number of halogens is 9. The minimum Gasteiger partial charge on any atom is -0.405 e. The fraction of sp³-hybridized carbons (Fsp3) is 0.538. The quantitative estimate of drug-likeness (QED) is 0.724. The van der Waals surface area contributed by atoms with Crippen LogP contribution in [-0.4, -0.2) is 19.1 Å². The second-order valence-electron chi connectivity index (χ2n) is 5.34. The van der Waals surface area contributed by atoms with E-state index >= 15 is 0 Å². The Bertz CT molecular complexity index is 650. The second kappa shape index (κ2) is 6.59. The molecule has 2 rings (SSSR count). The summed E-state index contributed by atoms with van der Waals surface area (Å²) >= 11 is 0. The normalized spacial score (nSPS) is 17.0. The topological polar surface area (TPSA) is 53.7 Å². The summed E-state index contributed by atoms with van der Waals surface area (Å²) in [5.41, 5.74) is 5.10. The molecule has 13 heteroatoms. The van der Waals surface area contributed by atoms with Gasteiger partial charge in [0.15, 0.2) is 11.5 Å². The van der Waals surface area contributed by atoms with Gasteiger partial charge in [0.05, 0.1) is 0 Å². The van der Waals surface area contributed by atoms with Crippen LogP contribution in [0.25, 0.3) is 0 Å². The molecule has 0 spiro atoms. The Morgan fingerprint density at radius 3 is 1.50 bits per heavy atom. The van der Waals surface area contributed by atoms with Gasteiger partial charge in [0, 0.05) is 17.7 Å². The molecule has 4 nitrogen and oxygen atoms in total. The van der Waals surface area contributed by atoms with Gasteiger partial charge in [0.25, 0.3) is 0 Å². The highest BCUT2D eigenvalue weighted by atomic mass is 19.4. The molecule has 0 saturated heterocycles.